The molecule has 0 bridgehead atoms. The predicted molar refractivity (Wildman–Crippen MR) is 178 cm³/mol. The number of hydrogen-bond acceptors (Lipinski definition) is 9. The van der Waals surface area contributed by atoms with Gasteiger partial charge in [0.2, 0.25) is 4.90 Å². The molecule has 4 rings (SSSR count). The predicted octanol–water partition coefficient (Wildman–Crippen LogP) is 7.09. The van der Waals surface area contributed by atoms with Gasteiger partial charge in [-0.2, -0.15) is 0 Å². The van der Waals surface area contributed by atoms with Crippen molar-refractivity contribution in [3.8, 4) is 11.5 Å². The van der Waals surface area contributed by atoms with Crippen molar-refractivity contribution in [2.24, 2.45) is 0 Å². The van der Waals surface area contributed by atoms with E-state index >= 15 is 0 Å². The Balaban J connectivity index is 0.000000456. The van der Waals surface area contributed by atoms with E-state index in [2.05, 4.69) is 24.3 Å². The van der Waals surface area contributed by atoms with Crippen LogP contribution >= 0.6 is 0 Å². The fourth-order valence-electron chi connectivity index (χ4n) is 4.11. The van der Waals surface area contributed by atoms with Crippen molar-refractivity contribution in [2.45, 2.75) is 72.3 Å². The summed E-state index contributed by atoms with van der Waals surface area (Å²) in [5.41, 5.74) is -1.23. The van der Waals surface area contributed by atoms with Crippen molar-refractivity contribution in [3.05, 3.63) is 109 Å². The van der Waals surface area contributed by atoms with Crippen LogP contribution in [0.5, 0.6) is 11.5 Å². The van der Waals surface area contributed by atoms with Crippen molar-refractivity contribution >= 4 is 33.0 Å². The van der Waals surface area contributed by atoms with Crippen molar-refractivity contribution in [1.29, 1.82) is 0 Å². The van der Waals surface area contributed by atoms with Gasteiger partial charge in [0.05, 0.1) is 0 Å². The molecule has 0 fully saturated rings. The van der Waals surface area contributed by atoms with Crippen LogP contribution in [-0.4, -0.2) is 49.3 Å². The first-order valence-corrected chi connectivity index (χ1v) is 17.5. The van der Waals surface area contributed by atoms with Crippen LogP contribution in [0.25, 0.3) is 0 Å². The molecule has 0 amide bonds. The van der Waals surface area contributed by atoms with Crippen molar-refractivity contribution < 1.29 is 50.3 Å². The van der Waals surface area contributed by atoms with Crippen LogP contribution in [0.4, 0.5) is 8.78 Å². The third-order valence-electron chi connectivity index (χ3n) is 5.80. The number of benzene rings is 4. The van der Waals surface area contributed by atoms with E-state index in [-0.39, 0.29) is 13.2 Å². The van der Waals surface area contributed by atoms with Gasteiger partial charge < -0.3 is 23.5 Å². The summed E-state index contributed by atoms with van der Waals surface area (Å²) in [5.74, 6) is -2.78. The maximum atomic E-state index is 12.5. The standard InChI is InChI=1S/C30H35O6S.C6H4F2O3S/c1-29(2,3)35-27(31)20-33-22-17-18-26(25(19-22)34-21-28(32)36-30(4,5)6)37(23-13-9-7-10-14-23)24-15-11-8-12-16-24;7-4-2-1-3-5(8)6(4)12(9,10)11/h7-19H,20-21H2,1-6H3;1-3H,(H,9,10,11)/q+1;/p-1. The van der Waals surface area contributed by atoms with Crippen molar-refractivity contribution in [3.63, 3.8) is 0 Å². The van der Waals surface area contributed by atoms with E-state index < -0.39 is 60.7 Å². The number of halogens is 2. The number of carbonyl (C=O) groups is 2. The summed E-state index contributed by atoms with van der Waals surface area (Å²) in [6.45, 7) is 10.3. The molecular weight excluding hydrogens is 679 g/mol. The molecule has 0 heterocycles. The molecule has 0 aromatic heterocycles. The first kappa shape index (κ1) is 39.0. The minimum atomic E-state index is -5.06. The van der Waals surface area contributed by atoms with Gasteiger partial charge in [-0.3, -0.25) is 0 Å². The second kappa shape index (κ2) is 16.8. The molecule has 0 atom stereocenters. The minimum Gasteiger partial charge on any atom is -0.744 e. The topological polar surface area (TPSA) is 128 Å². The SMILES string of the molecule is CC(C)(C)OC(=O)COc1ccc([S+](c2ccccc2)c2ccccc2)c(OCC(=O)OC(C)(C)C)c1.O=S(=O)([O-])c1c(F)cccc1F. The van der Waals surface area contributed by atoms with E-state index in [9.17, 15) is 31.3 Å². The molecule has 0 aliphatic carbocycles. The average molecular weight is 717 g/mol. The van der Waals surface area contributed by atoms with Crippen LogP contribution < -0.4 is 9.47 Å². The van der Waals surface area contributed by atoms with Gasteiger partial charge >= 0.3 is 11.9 Å². The van der Waals surface area contributed by atoms with Crippen LogP contribution in [0.15, 0.2) is 117 Å². The molecule has 4 aromatic rings. The number of carbonyl (C=O) groups excluding carboxylic acids is 2. The second-order valence-electron chi connectivity index (χ2n) is 12.3. The molecule has 0 aliphatic heterocycles. The number of rotatable bonds is 10. The lowest BCUT2D eigenvalue weighted by Crippen LogP contribution is -2.27. The van der Waals surface area contributed by atoms with E-state index in [1.807, 2.05) is 63.2 Å². The Morgan fingerprint density at radius 2 is 1.12 bits per heavy atom. The lowest BCUT2D eigenvalue weighted by molar-refractivity contribution is -0.158. The molecule has 0 saturated heterocycles. The van der Waals surface area contributed by atoms with Gasteiger partial charge in [-0.1, -0.05) is 42.5 Å². The van der Waals surface area contributed by atoms with Crippen LogP contribution in [-0.2, 0) is 40.1 Å². The van der Waals surface area contributed by atoms with Gasteiger partial charge in [0.1, 0.15) is 54.5 Å². The highest BCUT2D eigenvalue weighted by Gasteiger charge is 2.33. The third kappa shape index (κ3) is 12.8. The third-order valence-corrected chi connectivity index (χ3v) is 8.96. The quantitative estimate of drug-likeness (QED) is 0.0960. The lowest BCUT2D eigenvalue weighted by atomic mass is 10.2. The zero-order valence-corrected chi connectivity index (χ0v) is 29.5. The van der Waals surface area contributed by atoms with Crippen molar-refractivity contribution in [2.75, 3.05) is 13.2 Å². The Morgan fingerprint density at radius 3 is 1.53 bits per heavy atom. The smallest absolute Gasteiger partial charge is 0.344 e. The number of ether oxygens (including phenoxy) is 4. The van der Waals surface area contributed by atoms with E-state index in [4.69, 9.17) is 18.9 Å². The van der Waals surface area contributed by atoms with Gasteiger partial charge in [-0.25, -0.2) is 26.8 Å². The maximum absolute atomic E-state index is 12.5. The highest BCUT2D eigenvalue weighted by molar-refractivity contribution is 7.97. The molecule has 13 heteroatoms. The molecule has 262 valence electrons. The van der Waals surface area contributed by atoms with Gasteiger partial charge in [-0.15, -0.1) is 0 Å². The largest absolute Gasteiger partial charge is 0.744 e. The Labute approximate surface area is 288 Å². The Bertz CT molecular complexity index is 1760. The molecule has 9 nitrogen and oxygen atoms in total. The van der Waals surface area contributed by atoms with E-state index in [0.29, 0.717) is 23.6 Å². The van der Waals surface area contributed by atoms with Gasteiger partial charge in [0.15, 0.2) is 28.8 Å². The summed E-state index contributed by atoms with van der Waals surface area (Å²) in [7, 11) is -5.58. The summed E-state index contributed by atoms with van der Waals surface area (Å²) in [5, 5.41) is 0. The minimum absolute atomic E-state index is 0.245. The summed E-state index contributed by atoms with van der Waals surface area (Å²) >= 11 is 0. The monoisotopic (exact) mass is 716 g/mol. The zero-order valence-electron chi connectivity index (χ0n) is 27.9. The van der Waals surface area contributed by atoms with Crippen LogP contribution in [0.1, 0.15) is 41.5 Å². The zero-order chi connectivity index (χ0) is 36.4. The second-order valence-corrected chi connectivity index (χ2v) is 15.6. The van der Waals surface area contributed by atoms with Gasteiger partial charge in [0.25, 0.3) is 0 Å². The van der Waals surface area contributed by atoms with Crippen LogP contribution in [0.2, 0.25) is 0 Å². The normalized spacial score (nSPS) is 11.6. The first-order valence-electron chi connectivity index (χ1n) is 14.9. The molecule has 0 radical (unpaired) electrons. The highest BCUT2D eigenvalue weighted by Crippen LogP contribution is 2.38. The highest BCUT2D eigenvalue weighted by atomic mass is 32.2. The fraction of sp³-hybridized carbons (Fsp3) is 0.278. The Kier molecular flexibility index (Phi) is 13.3. The van der Waals surface area contributed by atoms with E-state index in [1.54, 1.807) is 32.9 Å². The molecule has 0 aliphatic rings. The van der Waals surface area contributed by atoms with Crippen LogP contribution in [0, 0.1) is 11.6 Å². The molecule has 49 heavy (non-hydrogen) atoms. The summed E-state index contributed by atoms with van der Waals surface area (Å²) < 4.78 is 78.3. The fourth-order valence-corrected chi connectivity index (χ4v) is 6.88. The summed E-state index contributed by atoms with van der Waals surface area (Å²) in [6.07, 6.45) is 0. The van der Waals surface area contributed by atoms with Gasteiger partial charge in [-0.05, 0) is 84.0 Å². The van der Waals surface area contributed by atoms with E-state index in [1.165, 1.54) is 0 Å². The molecule has 0 unspecified atom stereocenters. The molecule has 4 aromatic carbocycles. The summed E-state index contributed by atoms with van der Waals surface area (Å²) in [4.78, 5) is 26.3. The molecule has 0 spiro atoms. The summed E-state index contributed by atoms with van der Waals surface area (Å²) in [6, 6.07) is 28.0. The average Bonchev–Trinajstić information content (AvgIpc) is 2.99. The lowest BCUT2D eigenvalue weighted by Gasteiger charge is -2.20. The molecular formula is C36H38F2O9S2. The number of hydrogen-bond donors (Lipinski definition) is 0. The Morgan fingerprint density at radius 1 is 0.673 bits per heavy atom. The molecule has 0 saturated carbocycles. The van der Waals surface area contributed by atoms with Gasteiger partial charge in [0, 0.05) is 12.1 Å². The molecule has 0 N–H and O–H groups in total. The Hall–Kier alpha value is -4.46. The van der Waals surface area contributed by atoms with E-state index in [0.717, 1.165) is 20.8 Å². The van der Waals surface area contributed by atoms with Crippen molar-refractivity contribution in [1.82, 2.24) is 0 Å². The van der Waals surface area contributed by atoms with Crippen LogP contribution in [0.3, 0.4) is 0 Å². The maximum Gasteiger partial charge on any atom is 0.344 e. The number of esters is 2. The first-order chi connectivity index (χ1) is 22.8.